The highest BCUT2D eigenvalue weighted by Crippen LogP contribution is 2.29. The Labute approximate surface area is 88.4 Å². The van der Waals surface area contributed by atoms with E-state index in [-0.39, 0.29) is 17.1 Å². The zero-order valence-electron chi connectivity index (χ0n) is 8.11. The number of hydrogen-bond acceptors (Lipinski definition) is 3. The summed E-state index contributed by atoms with van der Waals surface area (Å²) in [4.78, 5) is 13.8. The molecule has 2 aliphatic heterocycles. The summed E-state index contributed by atoms with van der Waals surface area (Å²) in [6.07, 6.45) is 3.05. The summed E-state index contributed by atoms with van der Waals surface area (Å²) in [6, 6.07) is 2.24. The molecule has 76 valence electrons. The molecule has 0 saturated carbocycles. The molecule has 2 atom stereocenters. The number of thioether (sulfide) groups is 1. The van der Waals surface area contributed by atoms with Crippen molar-refractivity contribution in [3.8, 4) is 6.07 Å². The van der Waals surface area contributed by atoms with E-state index in [1.54, 1.807) is 11.8 Å². The van der Waals surface area contributed by atoms with Crippen LogP contribution in [-0.4, -0.2) is 34.9 Å². The first-order valence-electron chi connectivity index (χ1n) is 5.11. The molecule has 0 N–H and O–H groups in total. The van der Waals surface area contributed by atoms with Gasteiger partial charge in [0.05, 0.1) is 17.2 Å². The molecule has 2 aliphatic rings. The van der Waals surface area contributed by atoms with Crippen molar-refractivity contribution in [2.75, 3.05) is 18.8 Å². The average molecular weight is 210 g/mol. The molecule has 0 aromatic heterocycles. The van der Waals surface area contributed by atoms with Crippen molar-refractivity contribution < 1.29 is 4.79 Å². The summed E-state index contributed by atoms with van der Waals surface area (Å²) in [5.41, 5.74) is 0. The summed E-state index contributed by atoms with van der Waals surface area (Å²) < 4.78 is 0. The van der Waals surface area contributed by atoms with Gasteiger partial charge in [0.25, 0.3) is 0 Å². The van der Waals surface area contributed by atoms with Crippen molar-refractivity contribution in [1.29, 1.82) is 5.26 Å². The van der Waals surface area contributed by atoms with Gasteiger partial charge >= 0.3 is 0 Å². The molecular weight excluding hydrogens is 196 g/mol. The van der Waals surface area contributed by atoms with E-state index in [2.05, 4.69) is 6.07 Å². The molecule has 4 heteroatoms. The lowest BCUT2D eigenvalue weighted by atomic mass is 10.1. The van der Waals surface area contributed by atoms with Crippen LogP contribution in [0, 0.1) is 17.2 Å². The predicted octanol–water partition coefficient (Wildman–Crippen LogP) is 1.25. The zero-order valence-corrected chi connectivity index (χ0v) is 8.92. The second kappa shape index (κ2) is 4.22. The number of carbonyl (C=O) groups excluding carboxylic acids is 1. The van der Waals surface area contributed by atoms with Crippen LogP contribution in [-0.2, 0) is 4.79 Å². The first kappa shape index (κ1) is 9.85. The number of likely N-dealkylation sites (tertiary alicyclic amines) is 1. The average Bonchev–Trinajstić information content (AvgIpc) is 2.88. The van der Waals surface area contributed by atoms with E-state index in [1.165, 1.54) is 0 Å². The zero-order chi connectivity index (χ0) is 9.97. The Kier molecular flexibility index (Phi) is 2.97. The number of rotatable bonds is 1. The van der Waals surface area contributed by atoms with Gasteiger partial charge in [0, 0.05) is 13.1 Å². The lowest BCUT2D eigenvalue weighted by Gasteiger charge is -2.19. The highest BCUT2D eigenvalue weighted by atomic mass is 32.2. The van der Waals surface area contributed by atoms with Gasteiger partial charge in [-0.05, 0) is 25.0 Å². The van der Waals surface area contributed by atoms with Crippen molar-refractivity contribution in [2.45, 2.75) is 24.5 Å². The number of nitriles is 1. The van der Waals surface area contributed by atoms with Gasteiger partial charge < -0.3 is 4.90 Å². The number of nitrogens with zero attached hydrogens (tertiary/aromatic N) is 2. The molecule has 0 spiro atoms. The van der Waals surface area contributed by atoms with Crippen LogP contribution in [0.3, 0.4) is 0 Å². The van der Waals surface area contributed by atoms with E-state index >= 15 is 0 Å². The summed E-state index contributed by atoms with van der Waals surface area (Å²) in [7, 11) is 0. The van der Waals surface area contributed by atoms with Crippen LogP contribution in [0.2, 0.25) is 0 Å². The predicted molar refractivity (Wildman–Crippen MR) is 55.8 cm³/mol. The molecule has 0 aromatic carbocycles. The van der Waals surface area contributed by atoms with Crippen LogP contribution in [0.5, 0.6) is 0 Å². The normalized spacial score (nSPS) is 31.8. The Bertz CT molecular complexity index is 268. The highest BCUT2D eigenvalue weighted by molar-refractivity contribution is 8.00. The second-order valence-electron chi connectivity index (χ2n) is 3.90. The molecule has 3 nitrogen and oxygen atoms in total. The summed E-state index contributed by atoms with van der Waals surface area (Å²) in [5.74, 6) is 1.46. The third kappa shape index (κ3) is 1.88. The molecule has 2 saturated heterocycles. The topological polar surface area (TPSA) is 44.1 Å². The standard InChI is InChI=1S/C10H14N2OS/c11-6-8-3-4-12(7-8)10(13)9-2-1-5-14-9/h8-9H,1-5,7H2. The van der Waals surface area contributed by atoms with Gasteiger partial charge in [-0.2, -0.15) is 5.26 Å². The van der Waals surface area contributed by atoms with Gasteiger partial charge in [0.2, 0.25) is 5.91 Å². The molecule has 2 fully saturated rings. The fraction of sp³-hybridized carbons (Fsp3) is 0.800. The van der Waals surface area contributed by atoms with E-state index in [9.17, 15) is 4.79 Å². The highest BCUT2D eigenvalue weighted by Gasteiger charge is 2.32. The summed E-state index contributed by atoms with van der Waals surface area (Å²) >= 11 is 1.77. The second-order valence-corrected chi connectivity index (χ2v) is 5.21. The van der Waals surface area contributed by atoms with Crippen molar-refractivity contribution in [2.24, 2.45) is 5.92 Å². The monoisotopic (exact) mass is 210 g/mol. The van der Waals surface area contributed by atoms with Crippen LogP contribution in [0.25, 0.3) is 0 Å². The van der Waals surface area contributed by atoms with E-state index in [4.69, 9.17) is 5.26 Å². The van der Waals surface area contributed by atoms with Gasteiger partial charge in [-0.1, -0.05) is 0 Å². The van der Waals surface area contributed by atoms with Crippen molar-refractivity contribution in [3.05, 3.63) is 0 Å². The van der Waals surface area contributed by atoms with Gasteiger partial charge in [0.1, 0.15) is 0 Å². The summed E-state index contributed by atoms with van der Waals surface area (Å²) in [5, 5.41) is 8.93. The fourth-order valence-electron chi connectivity index (χ4n) is 2.04. The Hall–Kier alpha value is -0.690. The Morgan fingerprint density at radius 1 is 1.50 bits per heavy atom. The van der Waals surface area contributed by atoms with E-state index in [0.29, 0.717) is 6.54 Å². The minimum absolute atomic E-state index is 0.0744. The van der Waals surface area contributed by atoms with Crippen molar-refractivity contribution in [3.63, 3.8) is 0 Å². The molecule has 0 aliphatic carbocycles. The third-order valence-corrected chi connectivity index (χ3v) is 4.25. The molecule has 2 rings (SSSR count). The number of amides is 1. The Balaban J connectivity index is 1.90. The Morgan fingerprint density at radius 3 is 2.93 bits per heavy atom. The molecule has 0 radical (unpaired) electrons. The molecule has 1 amide bonds. The lowest BCUT2D eigenvalue weighted by molar-refractivity contribution is -0.129. The molecule has 0 bridgehead atoms. The maximum Gasteiger partial charge on any atom is 0.235 e. The van der Waals surface area contributed by atoms with Crippen molar-refractivity contribution in [1.82, 2.24) is 4.90 Å². The van der Waals surface area contributed by atoms with E-state index in [0.717, 1.165) is 31.6 Å². The minimum Gasteiger partial charge on any atom is -0.340 e. The van der Waals surface area contributed by atoms with E-state index < -0.39 is 0 Å². The molecule has 2 heterocycles. The maximum atomic E-state index is 11.9. The van der Waals surface area contributed by atoms with Gasteiger partial charge in [0.15, 0.2) is 0 Å². The molecule has 0 aromatic rings. The number of hydrogen-bond donors (Lipinski definition) is 0. The Morgan fingerprint density at radius 2 is 2.36 bits per heavy atom. The van der Waals surface area contributed by atoms with Crippen LogP contribution in [0.4, 0.5) is 0 Å². The molecular formula is C10H14N2OS. The number of carbonyl (C=O) groups is 1. The first-order chi connectivity index (χ1) is 6.81. The van der Waals surface area contributed by atoms with Crippen LogP contribution >= 0.6 is 11.8 Å². The molecule has 14 heavy (non-hydrogen) atoms. The lowest BCUT2D eigenvalue weighted by Crippen LogP contribution is -2.35. The van der Waals surface area contributed by atoms with Gasteiger partial charge in [-0.25, -0.2) is 0 Å². The molecule has 2 unspecified atom stereocenters. The first-order valence-corrected chi connectivity index (χ1v) is 6.16. The quantitative estimate of drug-likeness (QED) is 0.654. The van der Waals surface area contributed by atoms with Crippen LogP contribution in [0.15, 0.2) is 0 Å². The maximum absolute atomic E-state index is 11.9. The SMILES string of the molecule is N#CC1CCN(C(=O)C2CCCS2)C1. The minimum atomic E-state index is 0.0744. The van der Waals surface area contributed by atoms with Crippen molar-refractivity contribution >= 4 is 17.7 Å². The van der Waals surface area contributed by atoms with E-state index in [1.807, 2.05) is 4.90 Å². The fourth-order valence-corrected chi connectivity index (χ4v) is 3.28. The summed E-state index contributed by atoms with van der Waals surface area (Å²) in [6.45, 7) is 1.44. The van der Waals surface area contributed by atoms with Crippen LogP contribution < -0.4 is 0 Å². The smallest absolute Gasteiger partial charge is 0.235 e. The largest absolute Gasteiger partial charge is 0.340 e. The van der Waals surface area contributed by atoms with Gasteiger partial charge in [-0.3, -0.25) is 4.79 Å². The third-order valence-electron chi connectivity index (χ3n) is 2.89. The van der Waals surface area contributed by atoms with Gasteiger partial charge in [-0.15, -0.1) is 11.8 Å². The van der Waals surface area contributed by atoms with Crippen LogP contribution in [0.1, 0.15) is 19.3 Å².